The maximum atomic E-state index is 9.56. The molecule has 13 heavy (non-hydrogen) atoms. The Morgan fingerprint density at radius 2 is 2.31 bits per heavy atom. The number of nitrogens with one attached hydrogen (secondary N) is 1. The molecule has 4 heteroatoms. The molecule has 2 N–H and O–H groups in total. The Bertz CT molecular complexity index is 153. The summed E-state index contributed by atoms with van der Waals surface area (Å²) in [6.45, 7) is 9.31. The van der Waals surface area contributed by atoms with Crippen LogP contribution in [0.25, 0.3) is 0 Å². The number of rotatable bonds is 3. The largest absolute Gasteiger partial charge is 0.437 e. The molecular weight excluding hydrogens is 163 g/mol. The van der Waals surface area contributed by atoms with Crippen molar-refractivity contribution in [1.82, 2.24) is 10.1 Å². The van der Waals surface area contributed by atoms with Gasteiger partial charge in [-0.2, -0.15) is 0 Å². The van der Waals surface area contributed by atoms with Crippen LogP contribution in [0.3, 0.4) is 0 Å². The molecule has 0 aliphatic carbocycles. The van der Waals surface area contributed by atoms with Gasteiger partial charge in [-0.3, -0.25) is 0 Å². The third kappa shape index (κ3) is 3.29. The SMILES string of the molecule is CB(O)N1CCNC[C@@H]1CC(C)C. The molecule has 1 fully saturated rings. The summed E-state index contributed by atoms with van der Waals surface area (Å²) >= 11 is 0. The lowest BCUT2D eigenvalue weighted by Crippen LogP contribution is -2.56. The fourth-order valence-corrected chi connectivity index (χ4v) is 2.03. The van der Waals surface area contributed by atoms with Crippen LogP contribution >= 0.6 is 0 Å². The lowest BCUT2D eigenvalue weighted by atomic mass is 9.80. The van der Waals surface area contributed by atoms with Crippen molar-refractivity contribution in [2.75, 3.05) is 19.6 Å². The molecule has 1 rings (SSSR count). The zero-order valence-corrected chi connectivity index (χ0v) is 8.95. The van der Waals surface area contributed by atoms with Crippen LogP contribution in [0.2, 0.25) is 6.82 Å². The van der Waals surface area contributed by atoms with E-state index in [0.717, 1.165) is 26.1 Å². The highest BCUT2D eigenvalue weighted by Gasteiger charge is 2.27. The highest BCUT2D eigenvalue weighted by molar-refractivity contribution is 6.45. The predicted molar refractivity (Wildman–Crippen MR) is 56.7 cm³/mol. The Kier molecular flexibility index (Phi) is 4.23. The number of piperazine rings is 1. The normalized spacial score (nSPS) is 25.2. The zero-order valence-electron chi connectivity index (χ0n) is 8.95. The Morgan fingerprint density at radius 3 is 2.85 bits per heavy atom. The van der Waals surface area contributed by atoms with E-state index < -0.39 is 0 Å². The van der Waals surface area contributed by atoms with E-state index in [4.69, 9.17) is 0 Å². The Morgan fingerprint density at radius 1 is 1.62 bits per heavy atom. The fraction of sp³-hybridized carbons (Fsp3) is 1.00. The molecule has 0 aromatic heterocycles. The van der Waals surface area contributed by atoms with Gasteiger partial charge >= 0.3 is 7.05 Å². The third-order valence-corrected chi connectivity index (χ3v) is 2.62. The summed E-state index contributed by atoms with van der Waals surface area (Å²) in [5.41, 5.74) is 0. The quantitative estimate of drug-likeness (QED) is 0.624. The van der Waals surface area contributed by atoms with Crippen LogP contribution in [-0.2, 0) is 0 Å². The molecule has 0 aromatic rings. The van der Waals surface area contributed by atoms with Crippen molar-refractivity contribution in [1.29, 1.82) is 0 Å². The Labute approximate surface area is 81.6 Å². The summed E-state index contributed by atoms with van der Waals surface area (Å²) in [6.07, 6.45) is 1.16. The molecule has 76 valence electrons. The molecule has 1 saturated heterocycles. The van der Waals surface area contributed by atoms with Gasteiger partial charge in [0.2, 0.25) is 0 Å². The number of nitrogens with zero attached hydrogens (tertiary/aromatic N) is 1. The minimum atomic E-state index is -0.300. The summed E-state index contributed by atoms with van der Waals surface area (Å²) in [6, 6.07) is 0.508. The molecule has 1 aliphatic rings. The first kappa shape index (κ1) is 11.0. The van der Waals surface area contributed by atoms with Crippen molar-refractivity contribution >= 4 is 7.05 Å². The van der Waals surface area contributed by atoms with E-state index in [9.17, 15) is 5.02 Å². The van der Waals surface area contributed by atoms with E-state index in [1.54, 1.807) is 0 Å². The van der Waals surface area contributed by atoms with E-state index in [0.29, 0.717) is 12.0 Å². The first-order valence-corrected chi connectivity index (χ1v) is 5.25. The van der Waals surface area contributed by atoms with Crippen LogP contribution in [0.4, 0.5) is 0 Å². The Hall–Kier alpha value is -0.0551. The van der Waals surface area contributed by atoms with E-state index in [1.807, 2.05) is 6.82 Å². The molecule has 0 bridgehead atoms. The lowest BCUT2D eigenvalue weighted by Gasteiger charge is -2.37. The van der Waals surface area contributed by atoms with Gasteiger partial charge in [-0.15, -0.1) is 0 Å². The average molecular weight is 184 g/mol. The fourth-order valence-electron chi connectivity index (χ4n) is 2.03. The van der Waals surface area contributed by atoms with Crippen LogP contribution in [0.1, 0.15) is 20.3 Å². The molecule has 1 heterocycles. The summed E-state index contributed by atoms with van der Waals surface area (Å²) in [5.74, 6) is 0.700. The minimum absolute atomic E-state index is 0.300. The van der Waals surface area contributed by atoms with Crippen LogP contribution in [0, 0.1) is 5.92 Å². The van der Waals surface area contributed by atoms with Crippen molar-refractivity contribution in [3.63, 3.8) is 0 Å². The molecule has 0 aromatic carbocycles. The smallest absolute Gasteiger partial charge is 0.376 e. The third-order valence-electron chi connectivity index (χ3n) is 2.62. The molecule has 0 amide bonds. The van der Waals surface area contributed by atoms with Gasteiger partial charge < -0.3 is 15.2 Å². The van der Waals surface area contributed by atoms with Gasteiger partial charge in [0.05, 0.1) is 0 Å². The second-order valence-electron chi connectivity index (χ2n) is 4.36. The highest BCUT2D eigenvalue weighted by Crippen LogP contribution is 2.13. The average Bonchev–Trinajstić information content (AvgIpc) is 2.03. The summed E-state index contributed by atoms with van der Waals surface area (Å²) in [4.78, 5) is 2.19. The molecule has 0 saturated carbocycles. The van der Waals surface area contributed by atoms with Crippen LogP contribution in [0.15, 0.2) is 0 Å². The number of hydrogen-bond donors (Lipinski definition) is 2. The topological polar surface area (TPSA) is 35.5 Å². The van der Waals surface area contributed by atoms with Crippen molar-refractivity contribution in [3.05, 3.63) is 0 Å². The summed E-state index contributed by atoms with van der Waals surface area (Å²) in [5, 5.41) is 12.9. The molecular formula is C9H21BN2O. The van der Waals surface area contributed by atoms with Gasteiger partial charge in [0.25, 0.3) is 0 Å². The van der Waals surface area contributed by atoms with Crippen LogP contribution < -0.4 is 5.32 Å². The Balaban J connectivity index is 2.46. The van der Waals surface area contributed by atoms with Crippen molar-refractivity contribution in [3.8, 4) is 0 Å². The zero-order chi connectivity index (χ0) is 9.84. The van der Waals surface area contributed by atoms with Gasteiger partial charge in [-0.25, -0.2) is 0 Å². The predicted octanol–water partition coefficient (Wildman–Crippen LogP) is 0.417. The van der Waals surface area contributed by atoms with Gasteiger partial charge in [0.15, 0.2) is 0 Å². The first-order chi connectivity index (χ1) is 6.11. The highest BCUT2D eigenvalue weighted by atomic mass is 16.2. The van der Waals surface area contributed by atoms with E-state index in [-0.39, 0.29) is 7.05 Å². The van der Waals surface area contributed by atoms with Crippen molar-refractivity contribution < 1.29 is 5.02 Å². The van der Waals surface area contributed by atoms with Crippen molar-refractivity contribution in [2.45, 2.75) is 33.1 Å². The summed E-state index contributed by atoms with van der Waals surface area (Å²) in [7, 11) is -0.300. The van der Waals surface area contributed by atoms with E-state index in [1.165, 1.54) is 0 Å². The van der Waals surface area contributed by atoms with Gasteiger partial charge in [-0.1, -0.05) is 13.8 Å². The first-order valence-electron chi connectivity index (χ1n) is 5.25. The molecule has 1 atom stereocenters. The van der Waals surface area contributed by atoms with Gasteiger partial charge in [0, 0.05) is 25.7 Å². The van der Waals surface area contributed by atoms with Crippen LogP contribution in [-0.4, -0.2) is 42.6 Å². The molecule has 0 radical (unpaired) electrons. The van der Waals surface area contributed by atoms with Crippen molar-refractivity contribution in [2.24, 2.45) is 5.92 Å². The number of hydrogen-bond acceptors (Lipinski definition) is 3. The van der Waals surface area contributed by atoms with Gasteiger partial charge in [0.1, 0.15) is 0 Å². The lowest BCUT2D eigenvalue weighted by molar-refractivity contribution is 0.213. The second-order valence-corrected chi connectivity index (χ2v) is 4.36. The maximum absolute atomic E-state index is 9.56. The van der Waals surface area contributed by atoms with Crippen LogP contribution in [0.5, 0.6) is 0 Å². The molecule has 3 nitrogen and oxygen atoms in total. The molecule has 0 unspecified atom stereocenters. The second kappa shape index (κ2) is 4.98. The van der Waals surface area contributed by atoms with E-state index >= 15 is 0 Å². The van der Waals surface area contributed by atoms with E-state index in [2.05, 4.69) is 24.0 Å². The minimum Gasteiger partial charge on any atom is -0.437 e. The molecule has 1 aliphatic heterocycles. The molecule has 0 spiro atoms. The van der Waals surface area contributed by atoms with Gasteiger partial charge in [-0.05, 0) is 19.2 Å². The summed E-state index contributed by atoms with van der Waals surface area (Å²) < 4.78 is 0. The maximum Gasteiger partial charge on any atom is 0.376 e. The standard InChI is InChI=1S/C9H21BN2O/c1-8(2)6-9-7-11-4-5-12(9)10(3)13/h8-9,11,13H,4-7H2,1-3H3/t9-/m0/s1. The monoisotopic (exact) mass is 184 g/mol.